The fourth-order valence-electron chi connectivity index (χ4n) is 2.06. The van der Waals surface area contributed by atoms with E-state index in [2.05, 4.69) is 16.7 Å². The van der Waals surface area contributed by atoms with Gasteiger partial charge >= 0.3 is 0 Å². The van der Waals surface area contributed by atoms with Gasteiger partial charge < -0.3 is 37.9 Å². The second-order valence-electron chi connectivity index (χ2n) is 6.24. The average Bonchev–Trinajstić information content (AvgIpc) is 2.78. The van der Waals surface area contributed by atoms with Crippen molar-refractivity contribution in [1.29, 1.82) is 0 Å². The molecule has 0 N–H and O–H groups in total. The smallest absolute Gasteiger partial charge is 0.106 e. The summed E-state index contributed by atoms with van der Waals surface area (Å²) >= 11 is 0. The van der Waals surface area contributed by atoms with Crippen LogP contribution in [0.4, 0.5) is 0 Å². The lowest BCUT2D eigenvalue weighted by Crippen LogP contribution is -2.15. The largest absolute Gasteiger partial charge is 0.379 e. The second-order valence-corrected chi connectivity index (χ2v) is 6.24. The fraction of sp³-hybridized carbons (Fsp3) is 1.00. The van der Waals surface area contributed by atoms with Crippen LogP contribution in [0.25, 0.3) is 0 Å². The van der Waals surface area contributed by atoms with Crippen molar-refractivity contribution in [3.63, 3.8) is 0 Å². The Morgan fingerprint density at radius 1 is 0.355 bits per heavy atom. The molecule has 0 aliphatic carbocycles. The summed E-state index contributed by atoms with van der Waals surface area (Å²) in [6, 6.07) is 0. The van der Waals surface area contributed by atoms with Crippen LogP contribution < -0.4 is 0 Å². The standard InChI is InChI=1S/C21H44O10/c1-3-4-5-23-6-7-24-8-9-25-10-11-26-12-13-27-14-15-28-16-17-29-18-19-30-20-21-31-22-2/h3-21H2,1-2H3. The van der Waals surface area contributed by atoms with E-state index in [-0.39, 0.29) is 0 Å². The minimum Gasteiger partial charge on any atom is -0.379 e. The molecule has 0 saturated carbocycles. The van der Waals surface area contributed by atoms with Crippen LogP contribution in [-0.4, -0.2) is 119 Å². The third-order valence-electron chi connectivity index (χ3n) is 3.68. The van der Waals surface area contributed by atoms with Gasteiger partial charge in [-0.15, -0.1) is 0 Å². The van der Waals surface area contributed by atoms with Gasteiger partial charge in [0.25, 0.3) is 0 Å². The Morgan fingerprint density at radius 2 is 0.613 bits per heavy atom. The lowest BCUT2D eigenvalue weighted by atomic mass is 10.4. The van der Waals surface area contributed by atoms with Gasteiger partial charge in [0, 0.05) is 6.61 Å². The molecule has 0 radical (unpaired) electrons. The first-order valence-corrected chi connectivity index (χ1v) is 11.2. The number of hydrogen-bond acceptors (Lipinski definition) is 10. The lowest BCUT2D eigenvalue weighted by molar-refractivity contribution is -0.277. The third kappa shape index (κ3) is 29.6. The Balaban J connectivity index is 2.98. The number of rotatable bonds is 28. The van der Waals surface area contributed by atoms with Gasteiger partial charge in [0.05, 0.1) is 106 Å². The van der Waals surface area contributed by atoms with E-state index in [1.807, 2.05) is 0 Å². The zero-order chi connectivity index (χ0) is 22.5. The van der Waals surface area contributed by atoms with Crippen LogP contribution in [0.5, 0.6) is 0 Å². The van der Waals surface area contributed by atoms with Gasteiger partial charge in [0.15, 0.2) is 0 Å². The molecule has 188 valence electrons. The molecule has 0 unspecified atom stereocenters. The summed E-state index contributed by atoms with van der Waals surface area (Å²) in [7, 11) is 1.46. The Morgan fingerprint density at radius 3 is 0.871 bits per heavy atom. The normalized spacial score (nSPS) is 11.4. The van der Waals surface area contributed by atoms with Crippen LogP contribution in [0.1, 0.15) is 19.8 Å². The molecule has 0 aromatic rings. The second kappa shape index (κ2) is 29.6. The molecule has 0 rings (SSSR count). The van der Waals surface area contributed by atoms with E-state index >= 15 is 0 Å². The molecule has 31 heavy (non-hydrogen) atoms. The molecule has 0 spiro atoms. The maximum absolute atomic E-state index is 5.43. The van der Waals surface area contributed by atoms with E-state index in [0.717, 1.165) is 19.4 Å². The van der Waals surface area contributed by atoms with Crippen molar-refractivity contribution in [2.75, 3.05) is 119 Å². The maximum atomic E-state index is 5.43. The van der Waals surface area contributed by atoms with Gasteiger partial charge in [0.2, 0.25) is 0 Å². The summed E-state index contributed by atoms with van der Waals surface area (Å²) in [5.74, 6) is 0. The molecule has 0 aromatic heterocycles. The summed E-state index contributed by atoms with van der Waals surface area (Å²) in [4.78, 5) is 9.11. The number of unbranched alkanes of at least 4 members (excludes halogenated alkanes) is 1. The van der Waals surface area contributed by atoms with Crippen molar-refractivity contribution in [2.24, 2.45) is 0 Å². The van der Waals surface area contributed by atoms with Gasteiger partial charge in [-0.05, 0) is 6.42 Å². The molecule has 10 nitrogen and oxygen atoms in total. The molecule has 0 atom stereocenters. The van der Waals surface area contributed by atoms with Gasteiger partial charge in [-0.3, -0.25) is 0 Å². The van der Waals surface area contributed by atoms with Crippen LogP contribution in [0, 0.1) is 0 Å². The zero-order valence-electron chi connectivity index (χ0n) is 19.5. The van der Waals surface area contributed by atoms with Gasteiger partial charge in [-0.25, -0.2) is 9.78 Å². The lowest BCUT2D eigenvalue weighted by Gasteiger charge is -2.08. The number of hydrogen-bond donors (Lipinski definition) is 0. The highest BCUT2D eigenvalue weighted by atomic mass is 17.2. The third-order valence-corrected chi connectivity index (χ3v) is 3.68. The molecule has 0 aliphatic heterocycles. The molecule has 0 fully saturated rings. The van der Waals surface area contributed by atoms with Crippen LogP contribution in [0.15, 0.2) is 0 Å². The molecular weight excluding hydrogens is 412 g/mol. The Hall–Kier alpha value is -0.400. The molecule has 0 saturated heterocycles. The van der Waals surface area contributed by atoms with Crippen molar-refractivity contribution in [3.8, 4) is 0 Å². The average molecular weight is 457 g/mol. The van der Waals surface area contributed by atoms with Crippen LogP contribution in [0.3, 0.4) is 0 Å². The monoisotopic (exact) mass is 456 g/mol. The predicted molar refractivity (Wildman–Crippen MR) is 114 cm³/mol. The highest BCUT2D eigenvalue weighted by Crippen LogP contribution is 1.88. The van der Waals surface area contributed by atoms with E-state index in [1.54, 1.807) is 0 Å². The zero-order valence-corrected chi connectivity index (χ0v) is 19.5. The van der Waals surface area contributed by atoms with Crippen molar-refractivity contribution in [1.82, 2.24) is 0 Å². The Kier molecular flexibility index (Phi) is 29.2. The summed E-state index contributed by atoms with van der Waals surface area (Å²) in [5, 5.41) is 0. The van der Waals surface area contributed by atoms with Crippen molar-refractivity contribution in [2.45, 2.75) is 19.8 Å². The summed E-state index contributed by atoms with van der Waals surface area (Å²) in [6.45, 7) is 11.5. The van der Waals surface area contributed by atoms with Crippen LogP contribution in [-0.2, 0) is 47.7 Å². The van der Waals surface area contributed by atoms with E-state index in [1.165, 1.54) is 7.11 Å². The molecule has 10 heteroatoms. The first-order chi connectivity index (χ1) is 15.4. The highest BCUT2D eigenvalue weighted by molar-refractivity contribution is 4.38. The Bertz CT molecular complexity index is 282. The first-order valence-electron chi connectivity index (χ1n) is 11.2. The fourth-order valence-corrected chi connectivity index (χ4v) is 2.06. The SMILES string of the molecule is CCCCOCCOCCOCCOCCOCCOCCOCCOCCOOC. The van der Waals surface area contributed by atoms with Gasteiger partial charge in [-0.1, -0.05) is 13.3 Å². The minimum absolute atomic E-state index is 0.406. The van der Waals surface area contributed by atoms with Gasteiger partial charge in [-0.2, -0.15) is 0 Å². The topological polar surface area (TPSA) is 92.3 Å². The van der Waals surface area contributed by atoms with Crippen molar-refractivity contribution < 1.29 is 47.7 Å². The highest BCUT2D eigenvalue weighted by Gasteiger charge is 1.95. The summed E-state index contributed by atoms with van der Waals surface area (Å²) in [5.41, 5.74) is 0. The van der Waals surface area contributed by atoms with E-state index in [4.69, 9.17) is 37.9 Å². The van der Waals surface area contributed by atoms with Crippen molar-refractivity contribution in [3.05, 3.63) is 0 Å². The minimum atomic E-state index is 0.406. The maximum Gasteiger partial charge on any atom is 0.106 e. The van der Waals surface area contributed by atoms with E-state index in [9.17, 15) is 0 Å². The number of ether oxygens (including phenoxy) is 8. The van der Waals surface area contributed by atoms with Crippen LogP contribution in [0.2, 0.25) is 0 Å². The summed E-state index contributed by atoms with van der Waals surface area (Å²) in [6.07, 6.45) is 2.25. The molecule has 0 bridgehead atoms. The quantitative estimate of drug-likeness (QED) is 0.0979. The van der Waals surface area contributed by atoms with Gasteiger partial charge in [0.1, 0.15) is 6.61 Å². The van der Waals surface area contributed by atoms with Crippen molar-refractivity contribution >= 4 is 0 Å². The van der Waals surface area contributed by atoms with Crippen LogP contribution >= 0.6 is 0 Å². The molecular formula is C21H44O10. The molecule has 0 amide bonds. The van der Waals surface area contributed by atoms with E-state index < -0.39 is 0 Å². The molecule has 0 heterocycles. The summed E-state index contributed by atoms with van der Waals surface area (Å²) < 4.78 is 43.1. The van der Waals surface area contributed by atoms with E-state index in [0.29, 0.717) is 106 Å². The molecule has 0 aromatic carbocycles. The predicted octanol–water partition coefficient (Wildman–Crippen LogP) is 1.50. The first kappa shape index (κ1) is 30.6. The Labute approximate surface area is 187 Å². The molecule has 0 aliphatic rings.